The Hall–Kier alpha value is -6.76. The van der Waals surface area contributed by atoms with E-state index in [4.69, 9.17) is 0 Å². The van der Waals surface area contributed by atoms with Crippen LogP contribution in [-0.2, 0) is 23.7 Å². The summed E-state index contributed by atoms with van der Waals surface area (Å²) in [6.07, 6.45) is -8.05. The number of esters is 2. The average molecular weight is 610 g/mol. The number of benzene rings is 4. The number of rotatable bonds is 6. The van der Waals surface area contributed by atoms with Gasteiger partial charge in [0.1, 0.15) is 0 Å². The fourth-order valence-corrected chi connectivity index (χ4v) is 3.76. The van der Waals surface area contributed by atoms with Crippen molar-refractivity contribution in [2.45, 2.75) is 0 Å². The number of hydrogen-bond donors (Lipinski definition) is 0. The Morgan fingerprint density at radius 2 is 0.578 bits per heavy atom. The van der Waals surface area contributed by atoms with Crippen molar-refractivity contribution in [3.05, 3.63) is 143 Å². The second-order valence-corrected chi connectivity index (χ2v) is 8.57. The quantitative estimate of drug-likeness (QED) is 0.112. The zero-order chi connectivity index (χ0) is 32.3. The van der Waals surface area contributed by atoms with Crippen LogP contribution in [0.1, 0.15) is 52.6 Å². The maximum absolute atomic E-state index is 12.8. The first-order chi connectivity index (χ1) is 21.6. The van der Waals surface area contributed by atoms with E-state index in [2.05, 4.69) is 23.7 Å². The van der Waals surface area contributed by atoms with Crippen molar-refractivity contribution < 1.29 is 62.0 Å². The maximum atomic E-state index is 12.8. The Balaban J connectivity index is 1.29. The average Bonchev–Trinajstić information content (AvgIpc) is 3.04. The highest BCUT2D eigenvalue weighted by Gasteiger charge is 2.28. The minimum atomic E-state index is -2.08. The molecule has 0 amide bonds. The van der Waals surface area contributed by atoms with Crippen LogP contribution in [0.2, 0.25) is 0 Å². The third kappa shape index (κ3) is 8.17. The summed E-state index contributed by atoms with van der Waals surface area (Å²) in [5, 5.41) is 0. The topological polar surface area (TPSA) is 183 Å². The lowest BCUT2D eigenvalue weighted by molar-refractivity contribution is 0.0240. The predicted molar refractivity (Wildman–Crippen MR) is 148 cm³/mol. The molecule has 0 aliphatic rings. The summed E-state index contributed by atoms with van der Waals surface area (Å²) in [4.78, 5) is 97.9. The predicted octanol–water partition coefficient (Wildman–Crippen LogP) is 5.69. The van der Waals surface area contributed by atoms with Gasteiger partial charge in [0.05, 0.1) is 11.1 Å². The van der Waals surface area contributed by atoms with Gasteiger partial charge in [0.15, 0.2) is 11.6 Å². The second kappa shape index (κ2) is 14.4. The van der Waals surface area contributed by atoms with E-state index >= 15 is 0 Å². The van der Waals surface area contributed by atoms with Crippen molar-refractivity contribution in [2.75, 3.05) is 0 Å². The molecule has 0 aromatic heterocycles. The highest BCUT2D eigenvalue weighted by atomic mass is 16.9. The Kier molecular flexibility index (Phi) is 9.99. The van der Waals surface area contributed by atoms with E-state index in [0.29, 0.717) is 0 Å². The van der Waals surface area contributed by atoms with Crippen molar-refractivity contribution in [2.24, 2.45) is 0 Å². The highest BCUT2D eigenvalue weighted by molar-refractivity contribution is 6.16. The highest BCUT2D eigenvalue weighted by Crippen LogP contribution is 2.18. The SMILES string of the molecule is O=C(OC(=O)OC(=O)OC(=O)c1ccccc1C(=O)c1ccccc1)OC(=O)OC(=O)c1ccccc1C(=O)c1ccccc1. The van der Waals surface area contributed by atoms with Crippen LogP contribution in [0.15, 0.2) is 109 Å². The lowest BCUT2D eigenvalue weighted by atomic mass is 9.98. The van der Waals surface area contributed by atoms with Crippen molar-refractivity contribution in [3.63, 3.8) is 0 Å². The molecule has 224 valence electrons. The number of carbonyl (C=O) groups is 8. The fourth-order valence-electron chi connectivity index (χ4n) is 3.76. The summed E-state index contributed by atoms with van der Waals surface area (Å²) >= 11 is 0. The van der Waals surface area contributed by atoms with Gasteiger partial charge in [-0.15, -0.1) is 0 Å². The zero-order valence-corrected chi connectivity index (χ0v) is 22.7. The lowest BCUT2D eigenvalue weighted by Gasteiger charge is -2.08. The zero-order valence-electron chi connectivity index (χ0n) is 22.7. The van der Waals surface area contributed by atoms with Gasteiger partial charge < -0.3 is 23.7 Å². The normalized spacial score (nSPS) is 10.0. The van der Waals surface area contributed by atoms with Gasteiger partial charge >= 0.3 is 36.6 Å². The number of ketones is 2. The van der Waals surface area contributed by atoms with E-state index in [-0.39, 0.29) is 33.4 Å². The molecule has 4 aromatic carbocycles. The molecular formula is C32H18O13. The second-order valence-electron chi connectivity index (χ2n) is 8.57. The number of carbonyl (C=O) groups excluding carboxylic acids is 8. The van der Waals surface area contributed by atoms with Crippen LogP contribution in [0.5, 0.6) is 0 Å². The molecule has 0 fully saturated rings. The van der Waals surface area contributed by atoms with Gasteiger partial charge in [-0.3, -0.25) is 9.59 Å². The van der Waals surface area contributed by atoms with Crippen molar-refractivity contribution in [3.8, 4) is 0 Å². The van der Waals surface area contributed by atoms with Crippen molar-refractivity contribution in [1.29, 1.82) is 0 Å². The Morgan fingerprint density at radius 3 is 0.911 bits per heavy atom. The van der Waals surface area contributed by atoms with Gasteiger partial charge in [0.2, 0.25) is 0 Å². The van der Waals surface area contributed by atoms with E-state index in [0.717, 1.165) is 0 Å². The molecule has 0 radical (unpaired) electrons. The summed E-state index contributed by atoms with van der Waals surface area (Å²) in [6.45, 7) is 0. The lowest BCUT2D eigenvalue weighted by Crippen LogP contribution is -2.24. The number of hydrogen-bond acceptors (Lipinski definition) is 13. The molecule has 0 heterocycles. The smallest absolute Gasteiger partial charge is 0.356 e. The summed E-state index contributed by atoms with van der Waals surface area (Å²) in [6, 6.07) is 26.5. The standard InChI is InChI=1S/C32H18O13/c33-25(19-11-3-1-4-12-19)21-15-7-9-17-23(21)27(35)41-29(37)43-31(39)45-32(40)44-30(38)42-28(36)24-18-10-8-16-22(24)26(34)20-13-5-2-6-14-20/h1-18H. The summed E-state index contributed by atoms with van der Waals surface area (Å²) in [5.74, 6) is -3.86. The van der Waals surface area contributed by atoms with E-state index in [9.17, 15) is 38.4 Å². The van der Waals surface area contributed by atoms with Crippen molar-refractivity contribution >= 4 is 48.1 Å². The molecule has 0 atom stereocenters. The Morgan fingerprint density at radius 1 is 0.311 bits per heavy atom. The van der Waals surface area contributed by atoms with Crippen LogP contribution < -0.4 is 0 Å². The molecule has 13 nitrogen and oxygen atoms in total. The molecule has 0 spiro atoms. The molecule has 0 aliphatic heterocycles. The molecule has 0 unspecified atom stereocenters. The summed E-state index contributed by atoms with van der Waals surface area (Å²) in [7, 11) is 0. The van der Waals surface area contributed by atoms with Crippen LogP contribution >= 0.6 is 0 Å². The molecule has 0 saturated heterocycles. The van der Waals surface area contributed by atoms with E-state index < -0.39 is 48.1 Å². The summed E-state index contributed by atoms with van der Waals surface area (Å²) < 4.78 is 20.8. The van der Waals surface area contributed by atoms with Crippen molar-refractivity contribution in [1.82, 2.24) is 0 Å². The number of ether oxygens (including phenoxy) is 5. The van der Waals surface area contributed by atoms with Crippen LogP contribution in [0.3, 0.4) is 0 Å². The summed E-state index contributed by atoms with van der Waals surface area (Å²) in [5.41, 5.74) is -0.424. The third-order valence-corrected chi connectivity index (χ3v) is 5.71. The minimum absolute atomic E-state index is 0.118. The molecule has 0 saturated carbocycles. The van der Waals surface area contributed by atoms with Gasteiger partial charge in [0, 0.05) is 22.3 Å². The van der Waals surface area contributed by atoms with Gasteiger partial charge in [-0.25, -0.2) is 28.8 Å². The van der Waals surface area contributed by atoms with Gasteiger partial charge in [-0.2, -0.15) is 0 Å². The first kappa shape index (κ1) is 31.2. The van der Waals surface area contributed by atoms with Gasteiger partial charge in [-0.05, 0) is 12.1 Å². The van der Waals surface area contributed by atoms with E-state index in [1.807, 2.05) is 0 Å². The third-order valence-electron chi connectivity index (χ3n) is 5.71. The molecule has 4 aromatic rings. The van der Waals surface area contributed by atoms with Crippen LogP contribution in [0.25, 0.3) is 0 Å². The largest absolute Gasteiger partial charge is 0.528 e. The van der Waals surface area contributed by atoms with Crippen LogP contribution in [-0.4, -0.2) is 48.1 Å². The molecule has 13 heteroatoms. The molecule has 0 N–H and O–H groups in total. The first-order valence-corrected chi connectivity index (χ1v) is 12.7. The van der Waals surface area contributed by atoms with E-state index in [1.54, 1.807) is 36.4 Å². The molecule has 45 heavy (non-hydrogen) atoms. The molecule has 0 aliphatic carbocycles. The van der Waals surface area contributed by atoms with Gasteiger partial charge in [0.25, 0.3) is 0 Å². The Labute approximate surface area is 252 Å². The van der Waals surface area contributed by atoms with Gasteiger partial charge in [-0.1, -0.05) is 97.1 Å². The Bertz CT molecular complexity index is 1680. The van der Waals surface area contributed by atoms with Crippen LogP contribution in [0, 0.1) is 0 Å². The van der Waals surface area contributed by atoms with Crippen LogP contribution in [0.4, 0.5) is 19.2 Å². The fraction of sp³-hybridized carbons (Fsp3) is 0. The molecule has 0 bridgehead atoms. The van der Waals surface area contributed by atoms with E-state index in [1.165, 1.54) is 72.8 Å². The molecule has 4 rings (SSSR count). The first-order valence-electron chi connectivity index (χ1n) is 12.7. The monoisotopic (exact) mass is 610 g/mol. The maximum Gasteiger partial charge on any atom is 0.528 e. The molecular weight excluding hydrogens is 592 g/mol. The minimum Gasteiger partial charge on any atom is -0.356 e.